The van der Waals surface area contributed by atoms with Gasteiger partial charge in [0.25, 0.3) is 0 Å². The normalized spacial score (nSPS) is 16.3. The molecule has 1 aliphatic rings. The van der Waals surface area contributed by atoms with Gasteiger partial charge < -0.3 is 15.0 Å². The lowest BCUT2D eigenvalue weighted by molar-refractivity contribution is -0.145. The predicted molar refractivity (Wildman–Crippen MR) is 108 cm³/mol. The SMILES string of the molecule is COC(=O)[C@@H](CC(C)C)NC(=O)CN1CCN(c2cccc(C)c2C)CC1. The fourth-order valence-corrected chi connectivity index (χ4v) is 3.50. The first-order valence-electron chi connectivity index (χ1n) is 9.72. The third kappa shape index (κ3) is 5.96. The van der Waals surface area contributed by atoms with Crippen LogP contribution in [0, 0.1) is 19.8 Å². The number of aryl methyl sites for hydroxylation is 1. The van der Waals surface area contributed by atoms with Crippen molar-refractivity contribution < 1.29 is 14.3 Å². The van der Waals surface area contributed by atoms with Crippen molar-refractivity contribution in [1.29, 1.82) is 0 Å². The fourth-order valence-electron chi connectivity index (χ4n) is 3.50. The van der Waals surface area contributed by atoms with Gasteiger partial charge >= 0.3 is 5.97 Å². The van der Waals surface area contributed by atoms with E-state index in [0.717, 1.165) is 26.2 Å². The van der Waals surface area contributed by atoms with Crippen LogP contribution in [-0.2, 0) is 14.3 Å². The average Bonchev–Trinajstić information content (AvgIpc) is 2.63. The van der Waals surface area contributed by atoms with E-state index in [2.05, 4.69) is 47.2 Å². The van der Waals surface area contributed by atoms with Gasteiger partial charge in [-0.1, -0.05) is 26.0 Å². The summed E-state index contributed by atoms with van der Waals surface area (Å²) in [6.07, 6.45) is 0.582. The lowest BCUT2D eigenvalue weighted by Crippen LogP contribution is -2.52. The Labute approximate surface area is 162 Å². The summed E-state index contributed by atoms with van der Waals surface area (Å²) in [5, 5.41) is 2.84. The summed E-state index contributed by atoms with van der Waals surface area (Å²) in [5.74, 6) is -0.196. The maximum absolute atomic E-state index is 12.4. The van der Waals surface area contributed by atoms with Gasteiger partial charge in [-0.05, 0) is 43.4 Å². The molecule has 150 valence electrons. The van der Waals surface area contributed by atoms with Gasteiger partial charge in [0.1, 0.15) is 6.04 Å². The molecular weight excluding hydrogens is 342 g/mol. The van der Waals surface area contributed by atoms with Gasteiger partial charge in [-0.25, -0.2) is 4.79 Å². The van der Waals surface area contributed by atoms with Crippen molar-refractivity contribution >= 4 is 17.6 Å². The molecule has 0 radical (unpaired) electrons. The van der Waals surface area contributed by atoms with Crippen LogP contribution in [0.5, 0.6) is 0 Å². The summed E-state index contributed by atoms with van der Waals surface area (Å²) >= 11 is 0. The van der Waals surface area contributed by atoms with Gasteiger partial charge in [0.2, 0.25) is 5.91 Å². The molecule has 1 amide bonds. The summed E-state index contributed by atoms with van der Waals surface area (Å²) in [6.45, 7) is 12.1. The quantitative estimate of drug-likeness (QED) is 0.740. The highest BCUT2D eigenvalue weighted by Gasteiger charge is 2.25. The Balaban J connectivity index is 1.86. The minimum Gasteiger partial charge on any atom is -0.467 e. The van der Waals surface area contributed by atoms with Crippen molar-refractivity contribution in [2.24, 2.45) is 5.92 Å². The summed E-state index contributed by atoms with van der Waals surface area (Å²) in [5.41, 5.74) is 3.90. The highest BCUT2D eigenvalue weighted by Crippen LogP contribution is 2.23. The number of nitrogens with zero attached hydrogens (tertiary/aromatic N) is 2. The smallest absolute Gasteiger partial charge is 0.328 e. The Hall–Kier alpha value is -2.08. The number of esters is 1. The molecule has 0 aliphatic carbocycles. The van der Waals surface area contributed by atoms with E-state index in [1.165, 1.54) is 23.9 Å². The second-order valence-electron chi connectivity index (χ2n) is 7.76. The van der Waals surface area contributed by atoms with Crippen LogP contribution in [0.25, 0.3) is 0 Å². The Kier molecular flexibility index (Phi) is 7.66. The van der Waals surface area contributed by atoms with Crippen LogP contribution in [0.3, 0.4) is 0 Å². The van der Waals surface area contributed by atoms with E-state index in [0.29, 0.717) is 18.9 Å². The Bertz CT molecular complexity index is 652. The standard InChI is InChI=1S/C21H33N3O3/c1-15(2)13-18(21(26)27-5)22-20(25)14-23-9-11-24(12-10-23)19-8-6-7-16(3)17(19)4/h6-8,15,18H,9-14H2,1-5H3,(H,22,25)/t18-/m1/s1. The molecule has 1 saturated heterocycles. The molecule has 6 nitrogen and oxygen atoms in total. The number of hydrogen-bond acceptors (Lipinski definition) is 5. The average molecular weight is 376 g/mol. The van der Waals surface area contributed by atoms with Crippen LogP contribution in [0.15, 0.2) is 18.2 Å². The van der Waals surface area contributed by atoms with Gasteiger partial charge in [0, 0.05) is 31.9 Å². The Morgan fingerprint density at radius 2 is 1.81 bits per heavy atom. The number of carbonyl (C=O) groups is 2. The summed E-state index contributed by atoms with van der Waals surface area (Å²) in [6, 6.07) is 5.82. The molecule has 0 aromatic heterocycles. The molecule has 1 N–H and O–H groups in total. The van der Waals surface area contributed by atoms with Gasteiger partial charge in [-0.2, -0.15) is 0 Å². The van der Waals surface area contributed by atoms with E-state index in [1.54, 1.807) is 0 Å². The number of rotatable bonds is 7. The van der Waals surface area contributed by atoms with E-state index < -0.39 is 6.04 Å². The first-order valence-corrected chi connectivity index (χ1v) is 9.72. The van der Waals surface area contributed by atoms with E-state index in [9.17, 15) is 9.59 Å². The molecule has 1 aromatic rings. The topological polar surface area (TPSA) is 61.9 Å². The fraction of sp³-hybridized carbons (Fsp3) is 0.619. The largest absolute Gasteiger partial charge is 0.467 e. The van der Waals surface area contributed by atoms with Gasteiger partial charge in [0.15, 0.2) is 0 Å². The second-order valence-corrected chi connectivity index (χ2v) is 7.76. The van der Waals surface area contributed by atoms with Gasteiger partial charge in [-0.3, -0.25) is 9.69 Å². The van der Waals surface area contributed by atoms with Crippen LogP contribution in [0.4, 0.5) is 5.69 Å². The van der Waals surface area contributed by atoms with Gasteiger partial charge in [0.05, 0.1) is 13.7 Å². The molecule has 1 aliphatic heterocycles. The monoisotopic (exact) mass is 375 g/mol. The molecule has 0 spiro atoms. The maximum atomic E-state index is 12.4. The molecule has 0 bridgehead atoms. The summed E-state index contributed by atoms with van der Waals surface area (Å²) < 4.78 is 4.81. The number of ether oxygens (including phenoxy) is 1. The maximum Gasteiger partial charge on any atom is 0.328 e. The first-order chi connectivity index (χ1) is 12.8. The number of piperazine rings is 1. The number of benzene rings is 1. The highest BCUT2D eigenvalue weighted by molar-refractivity contribution is 5.85. The minimum atomic E-state index is -0.571. The number of carbonyl (C=O) groups excluding carboxylic acids is 2. The van der Waals surface area contributed by atoms with Crippen molar-refractivity contribution in [2.45, 2.75) is 40.2 Å². The number of nitrogens with one attached hydrogen (secondary N) is 1. The van der Waals surface area contributed by atoms with E-state index in [1.807, 2.05) is 13.8 Å². The summed E-state index contributed by atoms with van der Waals surface area (Å²) in [7, 11) is 1.36. The number of anilines is 1. The molecule has 6 heteroatoms. The molecule has 1 atom stereocenters. The van der Waals surface area contributed by atoms with E-state index in [4.69, 9.17) is 4.74 Å². The third-order valence-corrected chi connectivity index (χ3v) is 5.18. The third-order valence-electron chi connectivity index (χ3n) is 5.18. The number of amides is 1. The molecule has 1 heterocycles. The van der Waals surface area contributed by atoms with Crippen LogP contribution in [0.1, 0.15) is 31.4 Å². The molecule has 0 unspecified atom stereocenters. The van der Waals surface area contributed by atoms with Gasteiger partial charge in [-0.15, -0.1) is 0 Å². The van der Waals surface area contributed by atoms with E-state index >= 15 is 0 Å². The zero-order valence-electron chi connectivity index (χ0n) is 17.2. The van der Waals surface area contributed by atoms with Crippen molar-refractivity contribution in [3.63, 3.8) is 0 Å². The molecule has 1 aromatic carbocycles. The molecule has 0 saturated carbocycles. The highest BCUT2D eigenvalue weighted by atomic mass is 16.5. The summed E-state index contributed by atoms with van der Waals surface area (Å²) in [4.78, 5) is 28.8. The van der Waals surface area contributed by atoms with Crippen molar-refractivity contribution in [1.82, 2.24) is 10.2 Å². The lowest BCUT2D eigenvalue weighted by atomic mass is 10.0. The second kappa shape index (κ2) is 9.74. The molecule has 1 fully saturated rings. The molecular formula is C21H33N3O3. The number of hydrogen-bond donors (Lipinski definition) is 1. The Morgan fingerprint density at radius 1 is 1.15 bits per heavy atom. The zero-order chi connectivity index (χ0) is 20.0. The first kappa shape index (κ1) is 21.2. The molecule has 2 rings (SSSR count). The zero-order valence-corrected chi connectivity index (χ0v) is 17.2. The molecule has 27 heavy (non-hydrogen) atoms. The van der Waals surface area contributed by atoms with Crippen LogP contribution < -0.4 is 10.2 Å². The van der Waals surface area contributed by atoms with Crippen LogP contribution >= 0.6 is 0 Å². The lowest BCUT2D eigenvalue weighted by Gasteiger charge is -2.36. The van der Waals surface area contributed by atoms with E-state index in [-0.39, 0.29) is 11.9 Å². The minimum absolute atomic E-state index is 0.119. The van der Waals surface area contributed by atoms with Crippen molar-refractivity contribution in [3.05, 3.63) is 29.3 Å². The van der Waals surface area contributed by atoms with Crippen molar-refractivity contribution in [2.75, 3.05) is 44.7 Å². The Morgan fingerprint density at radius 3 is 2.41 bits per heavy atom. The van der Waals surface area contributed by atoms with Crippen LogP contribution in [0.2, 0.25) is 0 Å². The predicted octanol–water partition coefficient (Wildman–Crippen LogP) is 2.13. The van der Waals surface area contributed by atoms with Crippen LogP contribution in [-0.4, -0.2) is 62.7 Å². The number of methoxy groups -OCH3 is 1. The van der Waals surface area contributed by atoms with Crippen molar-refractivity contribution in [3.8, 4) is 0 Å².